The number of ether oxygens (including phenoxy) is 3. The van der Waals surface area contributed by atoms with Crippen molar-refractivity contribution in [1.29, 1.82) is 0 Å². The Morgan fingerprint density at radius 1 is 0.895 bits per heavy atom. The van der Waals surface area contributed by atoms with Gasteiger partial charge in [-0.25, -0.2) is 0 Å². The van der Waals surface area contributed by atoms with E-state index in [2.05, 4.69) is 27.7 Å². The minimum absolute atomic E-state index is 0.392. The topological polar surface area (TPSA) is 34.3 Å². The van der Waals surface area contributed by atoms with Crippen molar-refractivity contribution in [3.63, 3.8) is 0 Å². The van der Waals surface area contributed by atoms with E-state index in [4.69, 9.17) is 14.2 Å². The largest absolute Gasteiger partial charge is 0.376 e. The van der Waals surface area contributed by atoms with E-state index in [1.165, 1.54) is 24.6 Å². The van der Waals surface area contributed by atoms with Crippen LogP contribution in [0.5, 0.6) is 0 Å². The van der Waals surface area contributed by atoms with Crippen molar-refractivity contribution in [2.45, 2.75) is 70.5 Å². The highest BCUT2D eigenvalue weighted by Crippen LogP contribution is 2.25. The van der Waals surface area contributed by atoms with Crippen LogP contribution < -0.4 is 0 Å². The molecular formula is C15H32O3Si. The second kappa shape index (κ2) is 9.11. The lowest BCUT2D eigenvalue weighted by Gasteiger charge is -2.27. The number of rotatable bonds is 9. The average Bonchev–Trinajstić information content (AvgIpc) is 3.31. The maximum Gasteiger partial charge on any atom is 0.104 e. The summed E-state index contributed by atoms with van der Waals surface area (Å²) < 4.78 is 15.1. The zero-order valence-electron chi connectivity index (χ0n) is 13.2. The first kappa shape index (κ1) is 17.1. The van der Waals surface area contributed by atoms with Gasteiger partial charge in [-0.2, -0.15) is 0 Å². The Morgan fingerprint density at radius 3 is 1.53 bits per heavy atom. The van der Waals surface area contributed by atoms with Crippen LogP contribution in [0.1, 0.15) is 34.1 Å². The summed E-state index contributed by atoms with van der Waals surface area (Å²) in [5.74, 6) is 0. The average molecular weight is 289 g/mol. The minimum Gasteiger partial charge on any atom is -0.376 e. The maximum atomic E-state index is 5.23. The van der Waals surface area contributed by atoms with Crippen molar-refractivity contribution in [2.75, 3.05) is 26.4 Å². The van der Waals surface area contributed by atoms with Crippen molar-refractivity contribution in [3.8, 4) is 0 Å². The number of epoxide rings is 2. The minimum atomic E-state index is -0.717. The molecule has 2 fully saturated rings. The van der Waals surface area contributed by atoms with E-state index in [1.54, 1.807) is 6.04 Å². The van der Waals surface area contributed by atoms with Gasteiger partial charge in [-0.05, 0) is 0 Å². The Bertz CT molecular complexity index is 203. The summed E-state index contributed by atoms with van der Waals surface area (Å²) in [6, 6.07) is 6.03. The van der Waals surface area contributed by atoms with Crippen LogP contribution in [0.25, 0.3) is 0 Å². The van der Waals surface area contributed by atoms with Crippen LogP contribution in [-0.2, 0) is 14.2 Å². The molecule has 2 atom stereocenters. The second-order valence-electron chi connectivity index (χ2n) is 5.76. The van der Waals surface area contributed by atoms with Gasteiger partial charge < -0.3 is 14.2 Å². The molecule has 0 aromatic heterocycles. The predicted molar refractivity (Wildman–Crippen MR) is 82.6 cm³/mol. The molecule has 2 saturated heterocycles. The summed E-state index contributed by atoms with van der Waals surface area (Å²) in [4.78, 5) is 0. The third-order valence-electron chi connectivity index (χ3n) is 4.44. The molecule has 2 aliphatic heterocycles. The normalized spacial score (nSPS) is 24.6. The molecule has 0 aromatic carbocycles. The fourth-order valence-electron chi connectivity index (χ4n) is 2.47. The van der Waals surface area contributed by atoms with E-state index in [-0.39, 0.29) is 0 Å². The van der Waals surface area contributed by atoms with E-state index in [1.807, 2.05) is 0 Å². The molecule has 2 unspecified atom stereocenters. The first-order valence-electron chi connectivity index (χ1n) is 8.00. The summed E-state index contributed by atoms with van der Waals surface area (Å²) in [6.07, 6.45) is 2.19. The third-order valence-corrected chi connectivity index (χ3v) is 10.5. The molecule has 0 aromatic rings. The zero-order valence-corrected chi connectivity index (χ0v) is 14.2. The van der Waals surface area contributed by atoms with Crippen molar-refractivity contribution < 1.29 is 14.2 Å². The smallest absolute Gasteiger partial charge is 0.104 e. The molecule has 0 aliphatic carbocycles. The van der Waals surface area contributed by atoms with Crippen molar-refractivity contribution in [3.05, 3.63) is 0 Å². The summed E-state index contributed by atoms with van der Waals surface area (Å²) >= 11 is 0. The van der Waals surface area contributed by atoms with Gasteiger partial charge in [-0.1, -0.05) is 58.3 Å². The van der Waals surface area contributed by atoms with Crippen LogP contribution >= 0.6 is 0 Å². The Hall–Kier alpha value is 0.0969. The molecule has 0 N–H and O–H groups in total. The second-order valence-corrected chi connectivity index (χ2v) is 11.4. The Morgan fingerprint density at radius 2 is 1.32 bits per heavy atom. The van der Waals surface area contributed by atoms with Gasteiger partial charge in [0.05, 0.1) is 34.5 Å². The highest BCUT2D eigenvalue weighted by molar-refractivity contribution is 6.79. The molecule has 0 spiro atoms. The first-order valence-corrected chi connectivity index (χ1v) is 10.8. The van der Waals surface area contributed by atoms with Crippen molar-refractivity contribution in [1.82, 2.24) is 0 Å². The van der Waals surface area contributed by atoms with Gasteiger partial charge in [0.1, 0.15) is 12.2 Å². The molecular weight excluding hydrogens is 256 g/mol. The van der Waals surface area contributed by atoms with Gasteiger partial charge in [-0.3, -0.25) is 0 Å². The molecule has 0 bridgehead atoms. The quantitative estimate of drug-likeness (QED) is 0.479. The number of hydrogen-bond donors (Lipinski definition) is 0. The lowest BCUT2D eigenvalue weighted by Crippen LogP contribution is -2.30. The third kappa shape index (κ3) is 7.44. The van der Waals surface area contributed by atoms with E-state index in [9.17, 15) is 0 Å². The lowest BCUT2D eigenvalue weighted by atomic mass is 10.5. The SMILES string of the molecule is C(OCC1CO1)C1CO1.CCC[Si](CC)(CC)CC. The molecule has 0 saturated carbocycles. The molecule has 4 heteroatoms. The molecule has 0 radical (unpaired) electrons. The molecule has 2 rings (SSSR count). The molecule has 19 heavy (non-hydrogen) atoms. The Labute approximate surface area is 120 Å². The van der Waals surface area contributed by atoms with Crippen LogP contribution in [0.2, 0.25) is 24.2 Å². The molecule has 0 amide bonds. The predicted octanol–water partition coefficient (Wildman–Crippen LogP) is 3.71. The van der Waals surface area contributed by atoms with E-state index >= 15 is 0 Å². The van der Waals surface area contributed by atoms with Gasteiger partial charge in [-0.15, -0.1) is 0 Å². The summed E-state index contributed by atoms with van der Waals surface area (Å²) in [6.45, 7) is 12.7. The van der Waals surface area contributed by atoms with E-state index in [0.29, 0.717) is 12.2 Å². The van der Waals surface area contributed by atoms with Gasteiger partial charge in [0, 0.05) is 0 Å². The molecule has 3 nitrogen and oxygen atoms in total. The molecule has 114 valence electrons. The van der Waals surface area contributed by atoms with Crippen LogP contribution in [-0.4, -0.2) is 46.7 Å². The monoisotopic (exact) mass is 288 g/mol. The van der Waals surface area contributed by atoms with Gasteiger partial charge in [0.25, 0.3) is 0 Å². The van der Waals surface area contributed by atoms with Gasteiger partial charge >= 0.3 is 0 Å². The molecule has 2 aliphatic rings. The molecule has 2 heterocycles. The lowest BCUT2D eigenvalue weighted by molar-refractivity contribution is 0.102. The van der Waals surface area contributed by atoms with Crippen molar-refractivity contribution >= 4 is 8.07 Å². The first-order chi connectivity index (χ1) is 9.19. The number of hydrogen-bond acceptors (Lipinski definition) is 3. The van der Waals surface area contributed by atoms with E-state index < -0.39 is 8.07 Å². The van der Waals surface area contributed by atoms with Crippen LogP contribution in [0.3, 0.4) is 0 Å². The maximum absolute atomic E-state index is 5.23. The highest BCUT2D eigenvalue weighted by Gasteiger charge is 2.26. The zero-order chi connectivity index (χ0) is 14.1. The van der Waals surface area contributed by atoms with Crippen LogP contribution in [0, 0.1) is 0 Å². The summed E-state index contributed by atoms with van der Waals surface area (Å²) in [5.41, 5.74) is 0. The summed E-state index contributed by atoms with van der Waals surface area (Å²) in [7, 11) is -0.717. The van der Waals surface area contributed by atoms with Gasteiger partial charge in [0.2, 0.25) is 0 Å². The van der Waals surface area contributed by atoms with Crippen molar-refractivity contribution in [2.24, 2.45) is 0 Å². The Balaban J connectivity index is 0.000000190. The van der Waals surface area contributed by atoms with Gasteiger partial charge in [0.15, 0.2) is 0 Å². The van der Waals surface area contributed by atoms with Crippen LogP contribution in [0.15, 0.2) is 0 Å². The van der Waals surface area contributed by atoms with Crippen LogP contribution in [0.4, 0.5) is 0 Å². The standard InChI is InChI=1S/C9H22Si.C6H10O3/c1-5-9-10(6-2,7-3)8-4;1(5-3-8-5)7-2-6-4-9-6/h5-9H2,1-4H3;5-6H,1-4H2. The van der Waals surface area contributed by atoms with E-state index in [0.717, 1.165) is 26.4 Å². The Kier molecular flexibility index (Phi) is 8.22. The fourth-order valence-corrected chi connectivity index (χ4v) is 6.09. The summed E-state index contributed by atoms with van der Waals surface area (Å²) in [5, 5.41) is 0. The fraction of sp³-hybridized carbons (Fsp3) is 1.00. The highest BCUT2D eigenvalue weighted by atomic mass is 28.3.